The molecule has 6 nitrogen and oxygen atoms in total. The first-order chi connectivity index (χ1) is 10.4. The van der Waals surface area contributed by atoms with E-state index in [1.165, 1.54) is 20.3 Å². The largest absolute Gasteiger partial charge is 0.493 e. The summed E-state index contributed by atoms with van der Waals surface area (Å²) in [6.45, 7) is 0. The van der Waals surface area contributed by atoms with E-state index in [1.54, 1.807) is 12.1 Å². The summed E-state index contributed by atoms with van der Waals surface area (Å²) in [5.74, 6) is 5.61. The molecule has 2 aromatic rings. The van der Waals surface area contributed by atoms with Crippen molar-refractivity contribution < 1.29 is 22.6 Å². The van der Waals surface area contributed by atoms with Gasteiger partial charge in [0, 0.05) is 5.56 Å². The van der Waals surface area contributed by atoms with Gasteiger partial charge < -0.3 is 9.47 Å². The molecule has 0 bridgehead atoms. The predicted molar refractivity (Wildman–Crippen MR) is 73.4 cm³/mol. The summed E-state index contributed by atoms with van der Waals surface area (Å²) in [6, 6.07) is 5.48. The summed E-state index contributed by atoms with van der Waals surface area (Å²) < 4.78 is 48.8. The highest BCUT2D eigenvalue weighted by Gasteiger charge is 2.33. The van der Waals surface area contributed by atoms with E-state index in [2.05, 4.69) is 9.97 Å². The van der Waals surface area contributed by atoms with Crippen LogP contribution < -0.4 is 20.7 Å². The van der Waals surface area contributed by atoms with Gasteiger partial charge in [-0.1, -0.05) is 0 Å². The van der Waals surface area contributed by atoms with E-state index in [4.69, 9.17) is 15.3 Å². The second-order valence-electron chi connectivity index (χ2n) is 4.17. The maximum Gasteiger partial charge on any atom is 0.433 e. The van der Waals surface area contributed by atoms with Gasteiger partial charge in [-0.2, -0.15) is 13.2 Å². The number of anilines is 1. The van der Waals surface area contributed by atoms with Gasteiger partial charge in [0.1, 0.15) is 0 Å². The number of hydrogen-bond donors (Lipinski definition) is 2. The molecule has 0 fully saturated rings. The Balaban J connectivity index is 2.56. The second-order valence-corrected chi connectivity index (χ2v) is 4.17. The fourth-order valence-corrected chi connectivity index (χ4v) is 1.80. The summed E-state index contributed by atoms with van der Waals surface area (Å²) in [4.78, 5) is 7.22. The van der Waals surface area contributed by atoms with E-state index < -0.39 is 11.9 Å². The summed E-state index contributed by atoms with van der Waals surface area (Å²) >= 11 is 0. The molecule has 0 aliphatic rings. The van der Waals surface area contributed by atoms with Crippen molar-refractivity contribution in [1.29, 1.82) is 0 Å². The monoisotopic (exact) mass is 314 g/mol. The maximum atomic E-state index is 12.9. The van der Waals surface area contributed by atoms with Crippen LogP contribution in [0.5, 0.6) is 11.5 Å². The molecule has 3 N–H and O–H groups in total. The van der Waals surface area contributed by atoms with Crippen molar-refractivity contribution in [2.75, 3.05) is 19.6 Å². The molecule has 9 heteroatoms. The fraction of sp³-hybridized carbons (Fsp3) is 0.231. The lowest BCUT2D eigenvalue weighted by Gasteiger charge is -2.12. The van der Waals surface area contributed by atoms with E-state index in [9.17, 15) is 13.2 Å². The standard InChI is InChI=1S/C13H13F3N4O2/c1-21-9-4-3-7(5-10(9)22-2)8-6-11(13(14,15)16)19-12(18-8)20-17/h3-6H,17H2,1-2H3,(H,18,19,20). The Hall–Kier alpha value is -2.55. The lowest BCUT2D eigenvalue weighted by Crippen LogP contribution is -2.15. The lowest BCUT2D eigenvalue weighted by atomic mass is 10.1. The first-order valence-corrected chi connectivity index (χ1v) is 6.04. The average molecular weight is 314 g/mol. The van der Waals surface area contributed by atoms with Gasteiger partial charge >= 0.3 is 6.18 Å². The summed E-state index contributed by atoms with van der Waals surface area (Å²) in [6.07, 6.45) is -4.61. The number of nitrogens with two attached hydrogens (primary N) is 1. The van der Waals surface area contributed by atoms with Crippen LogP contribution in [-0.2, 0) is 6.18 Å². The number of hydrogen-bond acceptors (Lipinski definition) is 6. The Morgan fingerprint density at radius 2 is 1.73 bits per heavy atom. The SMILES string of the molecule is COc1ccc(-c2cc(C(F)(F)F)nc(NN)n2)cc1OC. The Bertz CT molecular complexity index is 677. The van der Waals surface area contributed by atoms with Crippen molar-refractivity contribution >= 4 is 5.95 Å². The minimum atomic E-state index is -4.61. The van der Waals surface area contributed by atoms with E-state index in [-0.39, 0.29) is 11.6 Å². The van der Waals surface area contributed by atoms with Crippen LogP contribution >= 0.6 is 0 Å². The molecule has 0 saturated carbocycles. The third kappa shape index (κ3) is 3.19. The number of rotatable bonds is 4. The summed E-state index contributed by atoms with van der Waals surface area (Å²) in [7, 11) is 2.88. The van der Waals surface area contributed by atoms with Crippen LogP contribution in [0.2, 0.25) is 0 Å². The van der Waals surface area contributed by atoms with Crippen LogP contribution in [0.4, 0.5) is 19.1 Å². The molecule has 0 amide bonds. The maximum absolute atomic E-state index is 12.9. The topological polar surface area (TPSA) is 82.3 Å². The molecular weight excluding hydrogens is 301 g/mol. The first-order valence-electron chi connectivity index (χ1n) is 6.04. The van der Waals surface area contributed by atoms with Crippen LogP contribution in [0.25, 0.3) is 11.3 Å². The molecule has 118 valence electrons. The lowest BCUT2D eigenvalue weighted by molar-refractivity contribution is -0.141. The molecule has 2 rings (SSSR count). The number of halogens is 3. The number of methoxy groups -OCH3 is 2. The highest BCUT2D eigenvalue weighted by molar-refractivity contribution is 5.65. The number of ether oxygens (including phenoxy) is 2. The Morgan fingerprint density at radius 1 is 1.05 bits per heavy atom. The smallest absolute Gasteiger partial charge is 0.433 e. The molecule has 22 heavy (non-hydrogen) atoms. The summed E-state index contributed by atoms with van der Waals surface area (Å²) in [5, 5.41) is 0. The van der Waals surface area contributed by atoms with Gasteiger partial charge in [-0.05, 0) is 24.3 Å². The molecular formula is C13H13F3N4O2. The zero-order valence-corrected chi connectivity index (χ0v) is 11.7. The number of nitrogens with zero attached hydrogens (tertiary/aromatic N) is 2. The van der Waals surface area contributed by atoms with Gasteiger partial charge in [-0.15, -0.1) is 0 Å². The van der Waals surface area contributed by atoms with Crippen LogP contribution in [0.15, 0.2) is 24.3 Å². The highest BCUT2D eigenvalue weighted by atomic mass is 19.4. The second kappa shape index (κ2) is 6.06. The Morgan fingerprint density at radius 3 is 2.27 bits per heavy atom. The van der Waals surface area contributed by atoms with Crippen LogP contribution in [0.1, 0.15) is 5.69 Å². The third-order valence-corrected chi connectivity index (χ3v) is 2.82. The van der Waals surface area contributed by atoms with E-state index >= 15 is 0 Å². The number of nitrogen functional groups attached to an aromatic ring is 1. The molecule has 0 saturated heterocycles. The molecule has 0 unspecified atom stereocenters. The Labute approximate surface area is 124 Å². The number of aromatic nitrogens is 2. The van der Waals surface area contributed by atoms with Crippen molar-refractivity contribution in [2.45, 2.75) is 6.18 Å². The predicted octanol–water partition coefficient (Wildman–Crippen LogP) is 2.47. The van der Waals surface area contributed by atoms with E-state index in [0.29, 0.717) is 17.1 Å². The van der Waals surface area contributed by atoms with Crippen molar-refractivity contribution in [3.05, 3.63) is 30.0 Å². The Kier molecular flexibility index (Phi) is 4.36. The number of alkyl halides is 3. The van der Waals surface area contributed by atoms with Crippen LogP contribution in [0, 0.1) is 0 Å². The van der Waals surface area contributed by atoms with E-state index in [1.807, 2.05) is 5.43 Å². The van der Waals surface area contributed by atoms with Gasteiger partial charge in [0.15, 0.2) is 17.2 Å². The molecule has 0 aliphatic heterocycles. The number of benzene rings is 1. The molecule has 0 aliphatic carbocycles. The molecule has 0 spiro atoms. The zero-order chi connectivity index (χ0) is 16.3. The molecule has 1 aromatic heterocycles. The third-order valence-electron chi connectivity index (χ3n) is 2.82. The van der Waals surface area contributed by atoms with Crippen molar-refractivity contribution in [3.8, 4) is 22.8 Å². The molecule has 0 atom stereocenters. The quantitative estimate of drug-likeness (QED) is 0.666. The zero-order valence-electron chi connectivity index (χ0n) is 11.7. The first kappa shape index (κ1) is 15.8. The van der Waals surface area contributed by atoms with Crippen molar-refractivity contribution in [1.82, 2.24) is 9.97 Å². The minimum absolute atomic E-state index is 0.0521. The van der Waals surface area contributed by atoms with Crippen LogP contribution in [-0.4, -0.2) is 24.2 Å². The molecule has 1 heterocycles. The van der Waals surface area contributed by atoms with Gasteiger partial charge in [0.2, 0.25) is 5.95 Å². The van der Waals surface area contributed by atoms with Crippen molar-refractivity contribution in [2.24, 2.45) is 5.84 Å². The summed E-state index contributed by atoms with van der Waals surface area (Å²) in [5.41, 5.74) is 1.38. The molecule has 0 radical (unpaired) electrons. The number of nitrogens with one attached hydrogen (secondary N) is 1. The minimum Gasteiger partial charge on any atom is -0.493 e. The van der Waals surface area contributed by atoms with Crippen LogP contribution in [0.3, 0.4) is 0 Å². The molecule has 1 aromatic carbocycles. The highest BCUT2D eigenvalue weighted by Crippen LogP contribution is 2.34. The number of hydrazine groups is 1. The van der Waals surface area contributed by atoms with E-state index in [0.717, 1.165) is 6.07 Å². The van der Waals surface area contributed by atoms with Gasteiger partial charge in [-0.25, -0.2) is 15.8 Å². The van der Waals surface area contributed by atoms with Crippen molar-refractivity contribution in [3.63, 3.8) is 0 Å². The normalized spacial score (nSPS) is 11.2. The van der Waals surface area contributed by atoms with Gasteiger partial charge in [-0.3, -0.25) is 5.43 Å². The fourth-order valence-electron chi connectivity index (χ4n) is 1.80. The van der Waals surface area contributed by atoms with Gasteiger partial charge in [0.05, 0.1) is 19.9 Å². The van der Waals surface area contributed by atoms with Gasteiger partial charge in [0.25, 0.3) is 0 Å². The average Bonchev–Trinajstić information content (AvgIpc) is 2.52.